The first-order valence-corrected chi connectivity index (χ1v) is 8.99. The largest absolute Gasteiger partial charge is 0.465 e. The molecule has 4 nitrogen and oxygen atoms in total. The fourth-order valence-electron chi connectivity index (χ4n) is 2.50. The second-order valence-electron chi connectivity index (χ2n) is 5.33. The number of hydrogen-bond donors (Lipinski definition) is 0. The molecule has 0 N–H and O–H groups in total. The summed E-state index contributed by atoms with van der Waals surface area (Å²) in [6.45, 7) is 1.91. The maximum absolute atomic E-state index is 12.9. The predicted octanol–water partition coefficient (Wildman–Crippen LogP) is 4.38. The van der Waals surface area contributed by atoms with Crippen LogP contribution < -0.4 is 4.90 Å². The summed E-state index contributed by atoms with van der Waals surface area (Å²) in [6.07, 6.45) is 1.78. The maximum atomic E-state index is 12.9. The molecule has 0 spiro atoms. The van der Waals surface area contributed by atoms with Crippen LogP contribution in [0.1, 0.15) is 12.5 Å². The molecule has 128 valence electrons. The molecule has 0 atom stereocenters. The van der Waals surface area contributed by atoms with Crippen molar-refractivity contribution >= 4 is 47.0 Å². The number of halogens is 1. The van der Waals surface area contributed by atoms with Crippen LogP contribution in [0, 0.1) is 0 Å². The van der Waals surface area contributed by atoms with Crippen molar-refractivity contribution in [3.8, 4) is 0 Å². The van der Waals surface area contributed by atoms with Crippen LogP contribution in [0.5, 0.6) is 0 Å². The van der Waals surface area contributed by atoms with E-state index in [0.29, 0.717) is 15.6 Å². The number of esters is 1. The minimum atomic E-state index is -0.431. The van der Waals surface area contributed by atoms with Crippen molar-refractivity contribution in [2.75, 3.05) is 18.1 Å². The molecule has 2 aromatic carbocycles. The van der Waals surface area contributed by atoms with Crippen molar-refractivity contribution in [1.29, 1.82) is 0 Å². The Balaban J connectivity index is 1.97. The molecule has 1 aliphatic rings. The zero-order valence-corrected chi connectivity index (χ0v) is 15.1. The molecule has 1 aliphatic heterocycles. The predicted molar refractivity (Wildman–Crippen MR) is 101 cm³/mol. The molecule has 2 aromatic rings. The van der Waals surface area contributed by atoms with Crippen molar-refractivity contribution in [3.63, 3.8) is 0 Å². The standard InChI is InChI=1S/C19H16ClNO3S/c1-2-24-18(22)12-21-15-8-3-4-9-16(15)25-17(19(21)23)11-13-6-5-7-14(20)10-13/h3-11H,2,12H2,1H3/b17-11-. The third-order valence-electron chi connectivity index (χ3n) is 3.57. The number of hydrogen-bond acceptors (Lipinski definition) is 4. The second-order valence-corrected chi connectivity index (χ2v) is 6.85. The number of carbonyl (C=O) groups is 2. The number of para-hydroxylation sites is 1. The summed E-state index contributed by atoms with van der Waals surface area (Å²) in [6, 6.07) is 14.8. The average molecular weight is 374 g/mol. The Morgan fingerprint density at radius 1 is 1.24 bits per heavy atom. The molecule has 1 heterocycles. The Kier molecular flexibility index (Phi) is 5.46. The molecule has 0 bridgehead atoms. The summed E-state index contributed by atoms with van der Waals surface area (Å²) in [4.78, 5) is 27.7. The van der Waals surface area contributed by atoms with Gasteiger partial charge < -0.3 is 4.74 Å². The highest BCUT2D eigenvalue weighted by Gasteiger charge is 2.30. The van der Waals surface area contributed by atoms with E-state index in [-0.39, 0.29) is 19.1 Å². The molecule has 25 heavy (non-hydrogen) atoms. The smallest absolute Gasteiger partial charge is 0.326 e. The first-order chi connectivity index (χ1) is 12.1. The monoisotopic (exact) mass is 373 g/mol. The van der Waals surface area contributed by atoms with Crippen LogP contribution in [-0.4, -0.2) is 25.0 Å². The van der Waals surface area contributed by atoms with Crippen LogP contribution in [0.15, 0.2) is 58.3 Å². The minimum Gasteiger partial charge on any atom is -0.465 e. The molecule has 0 saturated heterocycles. The van der Waals surface area contributed by atoms with Gasteiger partial charge in [0.05, 0.1) is 17.2 Å². The Labute approximate surface area is 155 Å². The number of thioether (sulfide) groups is 1. The first-order valence-electron chi connectivity index (χ1n) is 7.80. The normalized spacial score (nSPS) is 15.2. The third-order valence-corrected chi connectivity index (χ3v) is 4.88. The summed E-state index contributed by atoms with van der Waals surface area (Å²) in [5.41, 5.74) is 1.55. The van der Waals surface area contributed by atoms with Gasteiger partial charge in [-0.25, -0.2) is 0 Å². The van der Waals surface area contributed by atoms with Crippen molar-refractivity contribution in [1.82, 2.24) is 0 Å². The highest BCUT2D eigenvalue weighted by molar-refractivity contribution is 8.04. The molecule has 3 rings (SSSR count). The summed E-state index contributed by atoms with van der Waals surface area (Å²) in [7, 11) is 0. The third kappa shape index (κ3) is 4.06. The number of benzene rings is 2. The van der Waals surface area contributed by atoms with Crippen LogP contribution in [0.4, 0.5) is 5.69 Å². The topological polar surface area (TPSA) is 46.6 Å². The van der Waals surface area contributed by atoms with Crippen LogP contribution in [0.25, 0.3) is 6.08 Å². The average Bonchev–Trinajstić information content (AvgIpc) is 2.59. The van der Waals surface area contributed by atoms with E-state index in [1.54, 1.807) is 25.1 Å². The van der Waals surface area contributed by atoms with E-state index in [1.807, 2.05) is 36.4 Å². The fourth-order valence-corrected chi connectivity index (χ4v) is 3.76. The number of carbonyl (C=O) groups excluding carboxylic acids is 2. The van der Waals surface area contributed by atoms with Crippen molar-refractivity contribution in [3.05, 3.63) is 64.0 Å². The van der Waals surface area contributed by atoms with Gasteiger partial charge in [-0.2, -0.15) is 0 Å². The second kappa shape index (κ2) is 7.76. The lowest BCUT2D eigenvalue weighted by Crippen LogP contribution is -2.39. The number of fused-ring (bicyclic) bond motifs is 1. The van der Waals surface area contributed by atoms with E-state index in [9.17, 15) is 9.59 Å². The Morgan fingerprint density at radius 3 is 2.80 bits per heavy atom. The molecule has 6 heteroatoms. The number of rotatable bonds is 4. The Bertz CT molecular complexity index is 850. The summed E-state index contributed by atoms with van der Waals surface area (Å²) in [5.74, 6) is -0.656. The maximum Gasteiger partial charge on any atom is 0.326 e. The molecular formula is C19H16ClNO3S. The van der Waals surface area contributed by atoms with Crippen molar-refractivity contribution in [2.24, 2.45) is 0 Å². The van der Waals surface area contributed by atoms with E-state index >= 15 is 0 Å². The van der Waals surface area contributed by atoms with E-state index in [2.05, 4.69) is 0 Å². The molecule has 1 amide bonds. The lowest BCUT2D eigenvalue weighted by Gasteiger charge is -2.29. The first kappa shape index (κ1) is 17.6. The van der Waals surface area contributed by atoms with Gasteiger partial charge in [-0.3, -0.25) is 14.5 Å². The van der Waals surface area contributed by atoms with E-state index < -0.39 is 5.97 Å². The van der Waals surface area contributed by atoms with Gasteiger partial charge in [0.25, 0.3) is 5.91 Å². The number of nitrogens with zero attached hydrogens (tertiary/aromatic N) is 1. The van der Waals surface area contributed by atoms with Gasteiger partial charge in [-0.05, 0) is 42.8 Å². The summed E-state index contributed by atoms with van der Waals surface area (Å²) in [5, 5.41) is 0.603. The van der Waals surface area contributed by atoms with Crippen molar-refractivity contribution < 1.29 is 14.3 Å². The lowest BCUT2D eigenvalue weighted by molar-refractivity contribution is -0.142. The van der Waals surface area contributed by atoms with Gasteiger partial charge in [0.2, 0.25) is 0 Å². The zero-order chi connectivity index (χ0) is 17.8. The molecule has 0 aromatic heterocycles. The Hall–Kier alpha value is -2.24. The molecular weight excluding hydrogens is 358 g/mol. The zero-order valence-electron chi connectivity index (χ0n) is 13.6. The SMILES string of the molecule is CCOC(=O)CN1C(=O)/C(=C/c2cccc(Cl)c2)Sc2ccccc21. The lowest BCUT2D eigenvalue weighted by atomic mass is 10.2. The van der Waals surface area contributed by atoms with E-state index in [0.717, 1.165) is 10.5 Å². The molecule has 0 radical (unpaired) electrons. The van der Waals surface area contributed by atoms with Gasteiger partial charge in [0, 0.05) is 9.92 Å². The van der Waals surface area contributed by atoms with Crippen LogP contribution in [0.3, 0.4) is 0 Å². The van der Waals surface area contributed by atoms with Gasteiger partial charge in [-0.15, -0.1) is 0 Å². The Morgan fingerprint density at radius 2 is 2.04 bits per heavy atom. The fraction of sp³-hybridized carbons (Fsp3) is 0.158. The van der Waals surface area contributed by atoms with Gasteiger partial charge in [0.15, 0.2) is 0 Å². The molecule has 0 aliphatic carbocycles. The number of ether oxygens (including phenoxy) is 1. The van der Waals surface area contributed by atoms with E-state index in [4.69, 9.17) is 16.3 Å². The number of amides is 1. The van der Waals surface area contributed by atoms with E-state index in [1.165, 1.54) is 16.7 Å². The summed E-state index contributed by atoms with van der Waals surface area (Å²) < 4.78 is 5.00. The molecule has 0 fully saturated rings. The summed E-state index contributed by atoms with van der Waals surface area (Å²) >= 11 is 7.40. The molecule has 0 saturated carbocycles. The minimum absolute atomic E-state index is 0.114. The van der Waals surface area contributed by atoms with Crippen LogP contribution in [-0.2, 0) is 14.3 Å². The van der Waals surface area contributed by atoms with Gasteiger partial charge >= 0.3 is 5.97 Å². The van der Waals surface area contributed by atoms with Crippen LogP contribution in [0.2, 0.25) is 5.02 Å². The van der Waals surface area contributed by atoms with Crippen molar-refractivity contribution in [2.45, 2.75) is 11.8 Å². The quantitative estimate of drug-likeness (QED) is 0.589. The van der Waals surface area contributed by atoms with Gasteiger partial charge in [0.1, 0.15) is 6.54 Å². The highest BCUT2D eigenvalue weighted by atomic mass is 35.5. The highest BCUT2D eigenvalue weighted by Crippen LogP contribution is 2.42. The van der Waals surface area contributed by atoms with Gasteiger partial charge in [-0.1, -0.05) is 47.6 Å². The van der Waals surface area contributed by atoms with Crippen LogP contribution >= 0.6 is 23.4 Å². The number of anilines is 1. The molecule has 0 unspecified atom stereocenters.